The van der Waals surface area contributed by atoms with Gasteiger partial charge in [0.25, 0.3) is 0 Å². The van der Waals surface area contributed by atoms with E-state index in [-0.39, 0.29) is 0 Å². The molecular weight excluding hydrogens is 336 g/mol. The zero-order valence-electron chi connectivity index (χ0n) is 17.5. The van der Waals surface area contributed by atoms with Gasteiger partial charge in [0.2, 0.25) is 0 Å². The molecule has 0 saturated heterocycles. The lowest BCUT2D eigenvalue weighted by molar-refractivity contribution is 0.117. The second kappa shape index (κ2) is 14.7. The number of rotatable bonds is 12. The first-order valence-electron chi connectivity index (χ1n) is 11.3. The van der Waals surface area contributed by atoms with Gasteiger partial charge in [-0.2, -0.15) is 0 Å². The smallest absolute Gasteiger partial charge is 0.00744 e. The minimum Gasteiger partial charge on any atom is -0.330 e. The number of hydrogen-bond acceptors (Lipinski definition) is 6. The van der Waals surface area contributed by atoms with E-state index in [1.807, 2.05) is 0 Å². The summed E-state index contributed by atoms with van der Waals surface area (Å²) >= 11 is 0. The van der Waals surface area contributed by atoms with Gasteiger partial charge in [-0.15, -0.1) is 0 Å². The maximum Gasteiger partial charge on any atom is -0.00744 e. The highest BCUT2D eigenvalue weighted by Gasteiger charge is 2.37. The third-order valence-electron chi connectivity index (χ3n) is 6.92. The molecule has 6 atom stereocenters. The second-order valence-electron chi connectivity index (χ2n) is 8.75. The zero-order chi connectivity index (χ0) is 20.1. The molecule has 6 unspecified atom stereocenters. The Morgan fingerprint density at radius 1 is 0.407 bits per heavy atom. The molecule has 0 heterocycles. The van der Waals surface area contributed by atoms with E-state index in [1.54, 1.807) is 0 Å². The van der Waals surface area contributed by atoms with Crippen LogP contribution in [0.25, 0.3) is 0 Å². The van der Waals surface area contributed by atoms with Crippen molar-refractivity contribution in [3.63, 3.8) is 0 Å². The molecule has 0 aromatic rings. The Bertz CT molecular complexity index is 322. The predicted molar refractivity (Wildman–Crippen MR) is 117 cm³/mol. The highest BCUT2D eigenvalue weighted by molar-refractivity contribution is 4.88. The molecule has 0 aromatic heterocycles. The molecule has 27 heavy (non-hydrogen) atoms. The first-order valence-corrected chi connectivity index (χ1v) is 11.3. The lowest BCUT2D eigenvalue weighted by Crippen LogP contribution is -2.35. The van der Waals surface area contributed by atoms with Crippen LogP contribution in [-0.4, -0.2) is 39.3 Å². The summed E-state index contributed by atoms with van der Waals surface area (Å²) in [6.07, 6.45) is 10.1. The Morgan fingerprint density at radius 3 is 1.04 bits per heavy atom. The third-order valence-corrected chi connectivity index (χ3v) is 6.92. The van der Waals surface area contributed by atoms with Crippen molar-refractivity contribution in [2.45, 2.75) is 57.8 Å². The topological polar surface area (TPSA) is 156 Å². The zero-order valence-corrected chi connectivity index (χ0v) is 17.5. The second-order valence-corrected chi connectivity index (χ2v) is 8.75. The maximum atomic E-state index is 6.07. The van der Waals surface area contributed by atoms with Crippen LogP contribution in [0.15, 0.2) is 0 Å². The largest absolute Gasteiger partial charge is 0.330 e. The maximum absolute atomic E-state index is 6.07. The van der Waals surface area contributed by atoms with Crippen molar-refractivity contribution in [2.75, 3.05) is 39.3 Å². The molecule has 0 aromatic carbocycles. The molecule has 0 radical (unpaired) electrons. The molecule has 1 rings (SSSR count). The molecular formula is C21H48N6. The van der Waals surface area contributed by atoms with Crippen LogP contribution in [0, 0.1) is 35.5 Å². The van der Waals surface area contributed by atoms with Crippen LogP contribution in [-0.2, 0) is 0 Å². The summed E-state index contributed by atoms with van der Waals surface area (Å²) in [6.45, 7) is 4.46. The van der Waals surface area contributed by atoms with E-state index in [0.29, 0.717) is 35.5 Å². The van der Waals surface area contributed by atoms with Crippen molar-refractivity contribution in [1.29, 1.82) is 0 Å². The fourth-order valence-electron chi connectivity index (χ4n) is 5.89. The van der Waals surface area contributed by atoms with Crippen molar-refractivity contribution in [2.24, 2.45) is 69.9 Å². The molecule has 12 N–H and O–H groups in total. The van der Waals surface area contributed by atoms with Gasteiger partial charge in [0.1, 0.15) is 0 Å². The van der Waals surface area contributed by atoms with Crippen molar-refractivity contribution < 1.29 is 0 Å². The van der Waals surface area contributed by atoms with Crippen molar-refractivity contribution in [3.05, 3.63) is 0 Å². The van der Waals surface area contributed by atoms with Crippen LogP contribution in [0.4, 0.5) is 0 Å². The summed E-state index contributed by atoms with van der Waals surface area (Å²) in [5.74, 6) is 3.75. The lowest BCUT2D eigenvalue weighted by atomic mass is 9.67. The van der Waals surface area contributed by atoms with Gasteiger partial charge in [-0.3, -0.25) is 0 Å². The minimum atomic E-state index is 0.593. The fourth-order valence-corrected chi connectivity index (χ4v) is 5.89. The van der Waals surface area contributed by atoms with Crippen molar-refractivity contribution in [1.82, 2.24) is 0 Å². The Hall–Kier alpha value is -0.240. The quantitative estimate of drug-likeness (QED) is 0.294. The Morgan fingerprint density at radius 2 is 0.741 bits per heavy atom. The van der Waals surface area contributed by atoms with Gasteiger partial charge >= 0.3 is 0 Å². The molecule has 1 aliphatic carbocycles. The Kier molecular flexibility index (Phi) is 13.5. The molecule has 1 fully saturated rings. The van der Waals surface area contributed by atoms with Crippen LogP contribution in [0.3, 0.4) is 0 Å². The van der Waals surface area contributed by atoms with Crippen LogP contribution in [0.1, 0.15) is 57.8 Å². The van der Waals surface area contributed by atoms with E-state index in [1.165, 1.54) is 19.3 Å². The molecule has 0 bridgehead atoms. The average Bonchev–Trinajstić information content (AvgIpc) is 2.68. The molecule has 0 aliphatic heterocycles. The van der Waals surface area contributed by atoms with E-state index >= 15 is 0 Å². The minimum absolute atomic E-state index is 0.593. The summed E-state index contributed by atoms with van der Waals surface area (Å²) in [5.41, 5.74) is 36.1. The number of hydrogen-bond donors (Lipinski definition) is 6. The van der Waals surface area contributed by atoms with E-state index < -0.39 is 0 Å². The van der Waals surface area contributed by atoms with Gasteiger partial charge in [-0.1, -0.05) is 0 Å². The van der Waals surface area contributed by atoms with Crippen LogP contribution in [0.2, 0.25) is 0 Å². The predicted octanol–water partition coefficient (Wildman–Crippen LogP) is 0.960. The summed E-state index contributed by atoms with van der Waals surface area (Å²) in [4.78, 5) is 0. The van der Waals surface area contributed by atoms with Crippen LogP contribution < -0.4 is 34.4 Å². The fraction of sp³-hybridized carbons (Fsp3) is 1.00. The number of nitrogens with two attached hydrogens (primary N) is 6. The van der Waals surface area contributed by atoms with E-state index in [9.17, 15) is 0 Å². The molecule has 6 nitrogen and oxygen atoms in total. The van der Waals surface area contributed by atoms with Crippen molar-refractivity contribution >= 4 is 0 Å². The molecule has 0 spiro atoms. The van der Waals surface area contributed by atoms with E-state index in [2.05, 4.69) is 0 Å². The SMILES string of the molecule is NCCC1CC(CCN)CC(CCN)C(CCN)C(CCN)C(CCN)C1. The molecule has 162 valence electrons. The van der Waals surface area contributed by atoms with Crippen LogP contribution in [0.5, 0.6) is 0 Å². The summed E-state index contributed by atoms with van der Waals surface area (Å²) in [6, 6.07) is 0. The van der Waals surface area contributed by atoms with Gasteiger partial charge in [0.15, 0.2) is 0 Å². The molecule has 0 amide bonds. The van der Waals surface area contributed by atoms with E-state index in [0.717, 1.165) is 77.8 Å². The Labute approximate surface area is 167 Å². The summed E-state index contributed by atoms with van der Waals surface area (Å²) in [7, 11) is 0. The standard InChI is InChI=1S/C21H48N6/c22-7-1-16-13-17(2-8-23)15-19(4-10-25)21(6-12-27)20(5-11-26)18(14-16)3-9-24/h16-21H,1-15,22-27H2. The third kappa shape index (κ3) is 8.34. The first kappa shape index (κ1) is 24.8. The van der Waals surface area contributed by atoms with Gasteiger partial charge < -0.3 is 34.4 Å². The summed E-state index contributed by atoms with van der Waals surface area (Å²) < 4.78 is 0. The van der Waals surface area contributed by atoms with E-state index in [4.69, 9.17) is 34.4 Å². The van der Waals surface area contributed by atoms with Gasteiger partial charge in [-0.05, 0) is 133 Å². The van der Waals surface area contributed by atoms with Gasteiger partial charge in [0, 0.05) is 0 Å². The lowest BCUT2D eigenvalue weighted by Gasteiger charge is -2.39. The average molecular weight is 385 g/mol. The highest BCUT2D eigenvalue weighted by Crippen LogP contribution is 2.44. The highest BCUT2D eigenvalue weighted by atomic mass is 14.6. The van der Waals surface area contributed by atoms with Crippen LogP contribution >= 0.6 is 0 Å². The summed E-state index contributed by atoms with van der Waals surface area (Å²) in [5, 5.41) is 0. The molecule has 6 heteroatoms. The van der Waals surface area contributed by atoms with Gasteiger partial charge in [-0.25, -0.2) is 0 Å². The Balaban J connectivity index is 3.23. The monoisotopic (exact) mass is 384 g/mol. The van der Waals surface area contributed by atoms with Gasteiger partial charge in [0.05, 0.1) is 0 Å². The van der Waals surface area contributed by atoms with Crippen molar-refractivity contribution in [3.8, 4) is 0 Å². The molecule has 1 saturated carbocycles. The normalized spacial score (nSPS) is 32.7. The first-order chi connectivity index (χ1) is 13.1. The molecule has 1 aliphatic rings.